The summed E-state index contributed by atoms with van der Waals surface area (Å²) in [5, 5.41) is 0. The fraction of sp³-hybridized carbons (Fsp3) is 0.471. The topological polar surface area (TPSA) is 55.2 Å². The van der Waals surface area contributed by atoms with E-state index in [0.717, 1.165) is 24.0 Å². The molecule has 6 heteroatoms. The van der Waals surface area contributed by atoms with E-state index >= 15 is 0 Å². The Labute approximate surface area is 138 Å². The molecule has 0 radical (unpaired) electrons. The quantitative estimate of drug-likeness (QED) is 0.863. The van der Waals surface area contributed by atoms with Gasteiger partial charge in [-0.2, -0.15) is 0 Å². The Kier molecular flexibility index (Phi) is 4.55. The highest BCUT2D eigenvalue weighted by atomic mass is 32.2. The van der Waals surface area contributed by atoms with E-state index in [1.807, 2.05) is 49.0 Å². The molecule has 1 aliphatic heterocycles. The van der Waals surface area contributed by atoms with Crippen LogP contribution in [0.3, 0.4) is 0 Å². The summed E-state index contributed by atoms with van der Waals surface area (Å²) in [5.41, 5.74) is 3.15. The number of hydrogen-bond acceptors (Lipinski definition) is 3. The smallest absolute Gasteiger partial charge is 0.218 e. The Balaban J connectivity index is 1.65. The van der Waals surface area contributed by atoms with Gasteiger partial charge in [0.05, 0.1) is 12.1 Å². The van der Waals surface area contributed by atoms with Crippen LogP contribution in [0.2, 0.25) is 0 Å². The highest BCUT2D eigenvalue weighted by Crippen LogP contribution is 2.29. The van der Waals surface area contributed by atoms with Crippen molar-refractivity contribution in [2.24, 2.45) is 7.05 Å². The number of nitrogens with zero attached hydrogens (tertiary/aromatic N) is 3. The lowest BCUT2D eigenvalue weighted by molar-refractivity contribution is 0.314. The molecule has 1 saturated heterocycles. The summed E-state index contributed by atoms with van der Waals surface area (Å²) in [5.74, 6) is 0.485. The molecule has 0 saturated carbocycles. The highest BCUT2D eigenvalue weighted by molar-refractivity contribution is 7.88. The van der Waals surface area contributed by atoms with Crippen LogP contribution in [0.1, 0.15) is 35.6 Å². The Morgan fingerprint density at radius 1 is 1.26 bits per heavy atom. The summed E-state index contributed by atoms with van der Waals surface area (Å²) >= 11 is 0. The van der Waals surface area contributed by atoms with Crippen LogP contribution in [-0.2, 0) is 22.8 Å². The van der Waals surface area contributed by atoms with Crippen LogP contribution in [0.25, 0.3) is 0 Å². The fourth-order valence-electron chi connectivity index (χ4n) is 3.29. The first-order valence-corrected chi connectivity index (χ1v) is 9.56. The molecule has 2 aromatic rings. The zero-order chi connectivity index (χ0) is 16.4. The molecule has 0 atom stereocenters. The van der Waals surface area contributed by atoms with Crippen LogP contribution in [-0.4, -0.2) is 35.4 Å². The molecule has 3 rings (SSSR count). The zero-order valence-electron chi connectivity index (χ0n) is 13.6. The summed E-state index contributed by atoms with van der Waals surface area (Å²) in [4.78, 5) is 4.16. The molecule has 1 fully saturated rings. The summed E-state index contributed by atoms with van der Waals surface area (Å²) in [6, 6.07) is 7.72. The third kappa shape index (κ3) is 3.64. The lowest BCUT2D eigenvalue weighted by Gasteiger charge is -2.31. The van der Waals surface area contributed by atoms with E-state index in [9.17, 15) is 8.42 Å². The monoisotopic (exact) mass is 333 g/mol. The van der Waals surface area contributed by atoms with Crippen molar-refractivity contribution >= 4 is 10.0 Å². The molecule has 0 N–H and O–H groups in total. The Hall–Kier alpha value is -1.66. The third-order valence-electron chi connectivity index (χ3n) is 4.55. The minimum Gasteiger partial charge on any atom is -0.337 e. The number of benzene rings is 1. The van der Waals surface area contributed by atoms with E-state index in [1.54, 1.807) is 10.6 Å². The number of sulfonamides is 1. The van der Waals surface area contributed by atoms with Crippen molar-refractivity contribution in [1.82, 2.24) is 13.9 Å². The van der Waals surface area contributed by atoms with Crippen molar-refractivity contribution < 1.29 is 8.42 Å². The molecule has 1 aliphatic rings. The first kappa shape index (κ1) is 16.2. The maximum atomic E-state index is 12.6. The van der Waals surface area contributed by atoms with Gasteiger partial charge in [-0.05, 0) is 25.3 Å². The molecule has 1 aromatic carbocycles. The maximum absolute atomic E-state index is 12.6. The van der Waals surface area contributed by atoms with Gasteiger partial charge in [0.1, 0.15) is 0 Å². The van der Waals surface area contributed by atoms with Crippen molar-refractivity contribution in [3.05, 3.63) is 53.6 Å². The van der Waals surface area contributed by atoms with Crippen LogP contribution in [0.4, 0.5) is 0 Å². The molecule has 5 nitrogen and oxygen atoms in total. The lowest BCUT2D eigenvalue weighted by Crippen LogP contribution is -2.38. The van der Waals surface area contributed by atoms with Gasteiger partial charge >= 0.3 is 0 Å². The van der Waals surface area contributed by atoms with Gasteiger partial charge in [-0.1, -0.05) is 29.8 Å². The van der Waals surface area contributed by atoms with Crippen molar-refractivity contribution in [2.45, 2.75) is 31.4 Å². The molecule has 2 heterocycles. The number of imidazole rings is 1. The molecule has 0 spiro atoms. The number of piperidine rings is 1. The molecular weight excluding hydrogens is 310 g/mol. The van der Waals surface area contributed by atoms with Crippen LogP contribution in [0.15, 0.2) is 36.8 Å². The Morgan fingerprint density at radius 3 is 2.61 bits per heavy atom. The number of aryl methyl sites for hydroxylation is 2. The van der Waals surface area contributed by atoms with E-state index in [4.69, 9.17) is 0 Å². The second-order valence-corrected chi connectivity index (χ2v) is 8.32. The largest absolute Gasteiger partial charge is 0.337 e. The predicted octanol–water partition coefficient (Wildman–Crippen LogP) is 2.44. The summed E-state index contributed by atoms with van der Waals surface area (Å²) < 4.78 is 28.9. The molecule has 0 amide bonds. The molecule has 23 heavy (non-hydrogen) atoms. The van der Waals surface area contributed by atoms with Crippen molar-refractivity contribution in [2.75, 3.05) is 13.1 Å². The van der Waals surface area contributed by atoms with E-state index in [2.05, 4.69) is 4.98 Å². The van der Waals surface area contributed by atoms with Crippen molar-refractivity contribution in [3.8, 4) is 0 Å². The number of aromatic nitrogens is 2. The molecule has 0 aliphatic carbocycles. The summed E-state index contributed by atoms with van der Waals surface area (Å²) in [6.45, 7) is 3.16. The van der Waals surface area contributed by atoms with Crippen molar-refractivity contribution in [3.63, 3.8) is 0 Å². The standard InChI is InChI=1S/C17H23N3O2S/c1-14-4-3-5-15(10-14)12-23(21,22)20-8-6-16(7-9-20)17-11-18-13-19(17)2/h3-5,10-11,13,16H,6-9,12H2,1-2H3. The van der Waals surface area contributed by atoms with Crippen LogP contribution in [0.5, 0.6) is 0 Å². The van der Waals surface area contributed by atoms with Gasteiger partial charge in [0.2, 0.25) is 10.0 Å². The first-order valence-electron chi connectivity index (χ1n) is 7.95. The van der Waals surface area contributed by atoms with Gasteiger partial charge in [-0.15, -0.1) is 0 Å². The number of hydrogen-bond donors (Lipinski definition) is 0. The molecule has 1 aromatic heterocycles. The Bertz CT molecular complexity index is 775. The lowest BCUT2D eigenvalue weighted by atomic mass is 9.95. The van der Waals surface area contributed by atoms with Gasteiger partial charge in [0, 0.05) is 37.9 Å². The van der Waals surface area contributed by atoms with E-state index in [-0.39, 0.29) is 5.75 Å². The summed E-state index contributed by atoms with van der Waals surface area (Å²) in [7, 11) is -1.26. The highest BCUT2D eigenvalue weighted by Gasteiger charge is 2.29. The van der Waals surface area contributed by atoms with Gasteiger partial charge in [-0.25, -0.2) is 17.7 Å². The second kappa shape index (κ2) is 6.45. The minimum absolute atomic E-state index is 0.0884. The van der Waals surface area contributed by atoms with Gasteiger partial charge < -0.3 is 4.57 Å². The molecule has 0 bridgehead atoms. The van der Waals surface area contributed by atoms with Crippen LogP contribution >= 0.6 is 0 Å². The van der Waals surface area contributed by atoms with Crippen LogP contribution in [0, 0.1) is 6.92 Å². The van der Waals surface area contributed by atoms with Crippen molar-refractivity contribution in [1.29, 1.82) is 0 Å². The minimum atomic E-state index is -3.24. The molecule has 0 unspecified atom stereocenters. The zero-order valence-corrected chi connectivity index (χ0v) is 14.5. The summed E-state index contributed by atoms with van der Waals surface area (Å²) in [6.07, 6.45) is 5.40. The van der Waals surface area contributed by atoms with Gasteiger partial charge in [0.15, 0.2) is 0 Å². The van der Waals surface area contributed by atoms with E-state index in [1.165, 1.54) is 5.69 Å². The van der Waals surface area contributed by atoms with Gasteiger partial charge in [0.25, 0.3) is 0 Å². The Morgan fingerprint density at radius 2 is 2.00 bits per heavy atom. The first-order chi connectivity index (χ1) is 11.0. The van der Waals surface area contributed by atoms with Crippen LogP contribution < -0.4 is 0 Å². The molecular formula is C17H23N3O2S. The maximum Gasteiger partial charge on any atom is 0.218 e. The SMILES string of the molecule is Cc1cccc(CS(=O)(=O)N2CCC(c3cncn3C)CC2)c1. The molecule has 124 valence electrons. The van der Waals surface area contributed by atoms with E-state index in [0.29, 0.717) is 19.0 Å². The number of rotatable bonds is 4. The average molecular weight is 333 g/mol. The van der Waals surface area contributed by atoms with E-state index < -0.39 is 10.0 Å². The average Bonchev–Trinajstić information content (AvgIpc) is 2.93. The third-order valence-corrected chi connectivity index (χ3v) is 6.40. The van der Waals surface area contributed by atoms with Gasteiger partial charge in [-0.3, -0.25) is 0 Å². The normalized spacial score (nSPS) is 17.5. The second-order valence-electron chi connectivity index (χ2n) is 6.35. The predicted molar refractivity (Wildman–Crippen MR) is 90.6 cm³/mol. The fourth-order valence-corrected chi connectivity index (χ4v) is 4.84.